The average molecular weight is 205 g/mol. The summed E-state index contributed by atoms with van der Waals surface area (Å²) in [6.45, 7) is 2.25. The van der Waals surface area contributed by atoms with Crippen LogP contribution >= 0.6 is 0 Å². The van der Waals surface area contributed by atoms with E-state index in [-0.39, 0.29) is 5.83 Å². The number of rotatable bonds is 1. The van der Waals surface area contributed by atoms with Gasteiger partial charge in [0.1, 0.15) is 5.83 Å². The van der Waals surface area contributed by atoms with Crippen LogP contribution in [0, 0.1) is 5.92 Å². The van der Waals surface area contributed by atoms with Gasteiger partial charge in [0.25, 0.3) is 0 Å². The molecule has 1 aliphatic heterocycles. The summed E-state index contributed by atoms with van der Waals surface area (Å²) in [6, 6.07) is 0. The maximum atomic E-state index is 12.9. The molecule has 0 radical (unpaired) electrons. The summed E-state index contributed by atoms with van der Waals surface area (Å²) in [5.41, 5.74) is 4.31. The van der Waals surface area contributed by atoms with Crippen molar-refractivity contribution in [2.45, 2.75) is 12.8 Å². The summed E-state index contributed by atoms with van der Waals surface area (Å²) >= 11 is 0. The van der Waals surface area contributed by atoms with Gasteiger partial charge in [0.2, 0.25) is 0 Å². The lowest BCUT2D eigenvalue weighted by atomic mass is 9.89. The Morgan fingerprint density at radius 3 is 2.80 bits per heavy atom. The maximum absolute atomic E-state index is 12.9. The highest BCUT2D eigenvalue weighted by Gasteiger charge is 2.18. The topological polar surface area (TPSA) is 3.24 Å². The van der Waals surface area contributed by atoms with Crippen LogP contribution in [0.4, 0.5) is 4.39 Å². The normalized spacial score (nSPS) is 23.6. The van der Waals surface area contributed by atoms with Gasteiger partial charge in [-0.2, -0.15) is 0 Å². The van der Waals surface area contributed by atoms with Crippen LogP contribution in [0.1, 0.15) is 12.8 Å². The highest BCUT2D eigenvalue weighted by molar-refractivity contribution is 5.32. The minimum atomic E-state index is -0.189. The van der Waals surface area contributed by atoms with Crippen LogP contribution in [0.5, 0.6) is 0 Å². The molecule has 0 aromatic carbocycles. The number of likely N-dealkylation sites (tertiary alicyclic amines) is 1. The Labute approximate surface area is 90.3 Å². The molecule has 0 amide bonds. The van der Waals surface area contributed by atoms with Crippen molar-refractivity contribution in [1.29, 1.82) is 0 Å². The number of halogens is 1. The number of hydrogen-bond donors (Lipinski definition) is 0. The maximum Gasteiger partial charge on any atom is 0.123 e. The van der Waals surface area contributed by atoms with E-state index in [1.165, 1.54) is 12.2 Å². The minimum absolute atomic E-state index is 0.189. The van der Waals surface area contributed by atoms with E-state index in [9.17, 15) is 4.39 Å². The van der Waals surface area contributed by atoms with E-state index in [1.807, 2.05) is 6.08 Å². The van der Waals surface area contributed by atoms with Crippen LogP contribution in [0.15, 0.2) is 41.4 Å². The fourth-order valence-corrected chi connectivity index (χ4v) is 2.06. The molecule has 0 unspecified atom stereocenters. The number of allylic oxidation sites excluding steroid dienone is 5. The van der Waals surface area contributed by atoms with Gasteiger partial charge in [-0.1, -0.05) is 0 Å². The van der Waals surface area contributed by atoms with Crippen molar-refractivity contribution in [3.63, 3.8) is 0 Å². The SMILES string of the molecule is CN1CCC(C2=C=CC=C(F)C=C2)CC1. The molecule has 0 aromatic heterocycles. The van der Waals surface area contributed by atoms with Gasteiger partial charge in [-0.3, -0.25) is 0 Å². The van der Waals surface area contributed by atoms with Gasteiger partial charge in [0.15, 0.2) is 0 Å². The van der Waals surface area contributed by atoms with Crippen LogP contribution in [-0.4, -0.2) is 25.0 Å². The number of piperidine rings is 1. The lowest BCUT2D eigenvalue weighted by molar-refractivity contribution is 0.240. The zero-order valence-electron chi connectivity index (χ0n) is 9.04. The molecule has 2 rings (SSSR count). The number of nitrogens with zero attached hydrogens (tertiary/aromatic N) is 1. The molecule has 0 atom stereocenters. The molecule has 15 heavy (non-hydrogen) atoms. The molecule has 0 aromatic rings. The fraction of sp³-hybridized carbons (Fsp3) is 0.462. The average Bonchev–Trinajstić information content (AvgIpc) is 2.44. The Bertz CT molecular complexity index is 351. The van der Waals surface area contributed by atoms with Gasteiger partial charge in [-0.15, -0.1) is 5.73 Å². The molecule has 80 valence electrons. The first-order valence-electron chi connectivity index (χ1n) is 5.45. The van der Waals surface area contributed by atoms with Gasteiger partial charge in [0, 0.05) is 0 Å². The molecular weight excluding hydrogens is 189 g/mol. The molecule has 1 saturated heterocycles. The standard InChI is InChI=1S/C13H16FN/c1-15-9-7-12(8-10-15)11-3-2-4-13(14)6-5-11/h2,4-6,12H,7-10H2,1H3. The third-order valence-corrected chi connectivity index (χ3v) is 3.07. The first-order chi connectivity index (χ1) is 7.25. The highest BCUT2D eigenvalue weighted by atomic mass is 19.1. The van der Waals surface area contributed by atoms with E-state index in [0.29, 0.717) is 5.92 Å². The molecular formula is C13H16FN. The first kappa shape index (κ1) is 10.4. The smallest absolute Gasteiger partial charge is 0.123 e. The predicted molar refractivity (Wildman–Crippen MR) is 60.1 cm³/mol. The summed E-state index contributed by atoms with van der Waals surface area (Å²) in [5.74, 6) is 0.360. The Morgan fingerprint density at radius 1 is 1.33 bits per heavy atom. The molecule has 1 heterocycles. The third-order valence-electron chi connectivity index (χ3n) is 3.07. The molecule has 1 nitrogen and oxygen atoms in total. The second-order valence-electron chi connectivity index (χ2n) is 4.23. The molecule has 1 fully saturated rings. The van der Waals surface area contributed by atoms with Crippen molar-refractivity contribution in [3.05, 3.63) is 41.4 Å². The lowest BCUT2D eigenvalue weighted by Crippen LogP contribution is -2.30. The van der Waals surface area contributed by atoms with Gasteiger partial charge >= 0.3 is 0 Å². The quantitative estimate of drug-likeness (QED) is 0.595. The summed E-state index contributed by atoms with van der Waals surface area (Å²) in [5, 5.41) is 0. The molecule has 0 bridgehead atoms. The monoisotopic (exact) mass is 205 g/mol. The molecule has 2 aliphatic rings. The minimum Gasteiger partial charge on any atom is -0.306 e. The van der Waals surface area contributed by atoms with Gasteiger partial charge in [-0.05, 0) is 68.8 Å². The summed E-state index contributed by atoms with van der Waals surface area (Å²) < 4.78 is 12.9. The zero-order valence-corrected chi connectivity index (χ0v) is 9.04. The van der Waals surface area contributed by atoms with E-state index < -0.39 is 0 Å². The van der Waals surface area contributed by atoms with Crippen LogP contribution in [0.3, 0.4) is 0 Å². The van der Waals surface area contributed by atoms with E-state index in [2.05, 4.69) is 17.7 Å². The summed E-state index contributed by atoms with van der Waals surface area (Å²) in [7, 11) is 2.14. The molecule has 1 aliphatic carbocycles. The lowest BCUT2D eigenvalue weighted by Gasteiger charge is -2.28. The fourth-order valence-electron chi connectivity index (χ4n) is 2.06. The van der Waals surface area contributed by atoms with Crippen molar-refractivity contribution in [2.24, 2.45) is 5.92 Å². The highest BCUT2D eigenvalue weighted by Crippen LogP contribution is 2.25. The van der Waals surface area contributed by atoms with Crippen molar-refractivity contribution in [1.82, 2.24) is 4.90 Å². The van der Waals surface area contributed by atoms with Crippen LogP contribution < -0.4 is 0 Å². The van der Waals surface area contributed by atoms with Crippen LogP contribution in [-0.2, 0) is 0 Å². The Balaban J connectivity index is 2.07. The summed E-state index contributed by atoms with van der Waals surface area (Å²) in [6.07, 6.45) is 8.84. The Morgan fingerprint density at radius 2 is 2.07 bits per heavy atom. The Kier molecular flexibility index (Phi) is 3.20. The van der Waals surface area contributed by atoms with E-state index >= 15 is 0 Å². The van der Waals surface area contributed by atoms with Crippen molar-refractivity contribution >= 4 is 0 Å². The molecule has 0 N–H and O–H groups in total. The van der Waals surface area contributed by atoms with E-state index in [0.717, 1.165) is 31.5 Å². The van der Waals surface area contributed by atoms with Gasteiger partial charge < -0.3 is 4.90 Å². The second-order valence-corrected chi connectivity index (χ2v) is 4.23. The van der Waals surface area contributed by atoms with Crippen molar-refractivity contribution in [3.8, 4) is 0 Å². The second kappa shape index (κ2) is 4.61. The van der Waals surface area contributed by atoms with Gasteiger partial charge in [-0.25, -0.2) is 4.39 Å². The van der Waals surface area contributed by atoms with Gasteiger partial charge in [0.05, 0.1) is 0 Å². The molecule has 0 saturated carbocycles. The molecule has 2 heteroatoms. The summed E-state index contributed by atoms with van der Waals surface area (Å²) in [4.78, 5) is 2.33. The first-order valence-corrected chi connectivity index (χ1v) is 5.45. The van der Waals surface area contributed by atoms with Crippen LogP contribution in [0.2, 0.25) is 0 Å². The third kappa shape index (κ3) is 2.68. The van der Waals surface area contributed by atoms with E-state index in [1.54, 1.807) is 6.08 Å². The number of hydrogen-bond acceptors (Lipinski definition) is 1. The zero-order chi connectivity index (χ0) is 10.7. The van der Waals surface area contributed by atoms with E-state index in [4.69, 9.17) is 0 Å². The Hall–Kier alpha value is -1.11. The largest absolute Gasteiger partial charge is 0.306 e. The predicted octanol–water partition coefficient (Wildman–Crippen LogP) is 2.83. The van der Waals surface area contributed by atoms with Crippen LogP contribution in [0.25, 0.3) is 0 Å². The van der Waals surface area contributed by atoms with Crippen molar-refractivity contribution in [2.75, 3.05) is 20.1 Å². The van der Waals surface area contributed by atoms with Crippen molar-refractivity contribution < 1.29 is 4.39 Å². The molecule has 0 spiro atoms.